The van der Waals surface area contributed by atoms with E-state index in [0.29, 0.717) is 30.5 Å². The lowest BCUT2D eigenvalue weighted by atomic mass is 10.0. The lowest BCUT2D eigenvalue weighted by molar-refractivity contribution is 0.0980. The second-order valence-corrected chi connectivity index (χ2v) is 13.0. The molecule has 0 aliphatic rings. The number of benzene rings is 3. The fourth-order valence-corrected chi connectivity index (χ4v) is 6.07. The van der Waals surface area contributed by atoms with Crippen LogP contribution in [0.4, 0.5) is 25.1 Å². The molecular formula is C32H37F2N5O7S. The summed E-state index contributed by atoms with van der Waals surface area (Å²) in [7, 11) is 2.50. The van der Waals surface area contributed by atoms with Gasteiger partial charge in [-0.15, -0.1) is 5.10 Å². The van der Waals surface area contributed by atoms with Crippen molar-refractivity contribution in [3.05, 3.63) is 77.4 Å². The number of anilines is 2. The summed E-state index contributed by atoms with van der Waals surface area (Å²) < 4.78 is 70.9. The van der Waals surface area contributed by atoms with E-state index in [-0.39, 0.29) is 46.4 Å². The number of carbonyl (C=O) groups excluding carboxylic acids is 2. The van der Waals surface area contributed by atoms with Gasteiger partial charge in [0.25, 0.3) is 5.91 Å². The van der Waals surface area contributed by atoms with Gasteiger partial charge >= 0.3 is 6.09 Å². The molecule has 3 aromatic carbocycles. The summed E-state index contributed by atoms with van der Waals surface area (Å²) in [6, 6.07) is 10.8. The molecule has 0 aliphatic heterocycles. The van der Waals surface area contributed by atoms with E-state index in [4.69, 9.17) is 14.2 Å². The van der Waals surface area contributed by atoms with Gasteiger partial charge in [-0.1, -0.05) is 6.07 Å². The first-order chi connectivity index (χ1) is 22.3. The topological polar surface area (TPSA) is 141 Å². The molecule has 12 nitrogen and oxygen atoms in total. The minimum Gasteiger partial charge on any atom is -0.445 e. The maximum atomic E-state index is 13.9. The Labute approximate surface area is 271 Å². The summed E-state index contributed by atoms with van der Waals surface area (Å²) >= 11 is 0. The fraction of sp³-hybridized carbons (Fsp3) is 0.344. The predicted octanol–water partition coefficient (Wildman–Crippen LogP) is 4.58. The Morgan fingerprint density at radius 3 is 2.34 bits per heavy atom. The standard InChI is InChI=1S/C32H37F2N5O7S/c1-20(19-45-5)35-28-14-21(10-11-38(2)3)6-8-26(28)31(40)36-30-27-18-24(47(42,43)25-16-22(33)15-23(34)17-25)7-9-29(27)39(37-30)32(41)46-13-12-44-4/h6-9,14-18,20,35H,10-13,19H2,1-5H3,(H,36,37,40)/t20-/m1/s1. The third-order valence-corrected chi connectivity index (χ3v) is 8.75. The second-order valence-electron chi connectivity index (χ2n) is 11.0. The van der Waals surface area contributed by atoms with Crippen molar-refractivity contribution in [1.82, 2.24) is 14.7 Å². The minimum absolute atomic E-state index is 0.0601. The zero-order valence-electron chi connectivity index (χ0n) is 26.7. The van der Waals surface area contributed by atoms with Crippen LogP contribution in [0.2, 0.25) is 0 Å². The van der Waals surface area contributed by atoms with Gasteiger partial charge < -0.3 is 29.7 Å². The van der Waals surface area contributed by atoms with Gasteiger partial charge in [0.2, 0.25) is 9.84 Å². The third kappa shape index (κ3) is 8.68. The molecule has 0 aliphatic carbocycles. The average molecular weight is 674 g/mol. The zero-order chi connectivity index (χ0) is 34.3. The summed E-state index contributed by atoms with van der Waals surface area (Å²) in [5.41, 5.74) is 1.88. The predicted molar refractivity (Wildman–Crippen MR) is 172 cm³/mol. The molecular weight excluding hydrogens is 636 g/mol. The molecule has 15 heteroatoms. The maximum absolute atomic E-state index is 13.9. The number of aromatic nitrogens is 2. The van der Waals surface area contributed by atoms with Gasteiger partial charge in [-0.2, -0.15) is 4.68 Å². The number of hydrogen-bond acceptors (Lipinski definition) is 10. The molecule has 2 N–H and O–H groups in total. The lowest BCUT2D eigenvalue weighted by Gasteiger charge is -2.19. The smallest absolute Gasteiger partial charge is 0.435 e. The van der Waals surface area contributed by atoms with E-state index in [0.717, 1.165) is 23.2 Å². The van der Waals surface area contributed by atoms with E-state index < -0.39 is 38.4 Å². The van der Waals surface area contributed by atoms with Gasteiger partial charge in [-0.3, -0.25) is 4.79 Å². The van der Waals surface area contributed by atoms with Crippen molar-refractivity contribution in [1.29, 1.82) is 0 Å². The molecule has 1 atom stereocenters. The SMILES string of the molecule is COCCOC(=O)n1nc(NC(=O)c2ccc(CCN(C)C)cc2N[C@H](C)COC)c2cc(S(=O)(=O)c3cc(F)cc(F)c3)ccc21. The van der Waals surface area contributed by atoms with Crippen LogP contribution in [0.1, 0.15) is 22.8 Å². The van der Waals surface area contributed by atoms with Gasteiger partial charge in [0.05, 0.1) is 34.1 Å². The monoisotopic (exact) mass is 673 g/mol. The van der Waals surface area contributed by atoms with E-state index in [1.54, 1.807) is 13.2 Å². The molecule has 4 aromatic rings. The summed E-state index contributed by atoms with van der Waals surface area (Å²) in [5, 5.41) is 10.3. The van der Waals surface area contributed by atoms with Crippen LogP contribution >= 0.6 is 0 Å². The maximum Gasteiger partial charge on any atom is 0.435 e. The molecule has 1 aromatic heterocycles. The van der Waals surface area contributed by atoms with E-state index in [1.807, 2.05) is 38.1 Å². The van der Waals surface area contributed by atoms with Gasteiger partial charge in [0.1, 0.15) is 18.2 Å². The largest absolute Gasteiger partial charge is 0.445 e. The third-order valence-electron chi connectivity index (χ3n) is 7.02. The highest BCUT2D eigenvalue weighted by molar-refractivity contribution is 7.91. The number of halogens is 2. The summed E-state index contributed by atoms with van der Waals surface area (Å²) in [6.07, 6.45) is -0.175. The van der Waals surface area contributed by atoms with Crippen LogP contribution in [0.15, 0.2) is 64.4 Å². The van der Waals surface area contributed by atoms with Crippen LogP contribution < -0.4 is 10.6 Å². The minimum atomic E-state index is -4.43. The molecule has 0 saturated heterocycles. The fourth-order valence-electron chi connectivity index (χ4n) is 4.74. The number of likely N-dealkylation sites (N-methyl/N-ethyl adjacent to an activating group) is 1. The Morgan fingerprint density at radius 1 is 0.957 bits per heavy atom. The van der Waals surface area contributed by atoms with Crippen molar-refractivity contribution in [2.45, 2.75) is 29.2 Å². The highest BCUT2D eigenvalue weighted by Crippen LogP contribution is 2.31. The molecule has 0 radical (unpaired) electrons. The molecule has 252 valence electrons. The van der Waals surface area contributed by atoms with Crippen molar-refractivity contribution >= 4 is 44.2 Å². The molecule has 4 rings (SSSR count). The molecule has 0 saturated carbocycles. The Kier molecular flexibility index (Phi) is 11.6. The van der Waals surface area contributed by atoms with Gasteiger partial charge in [-0.25, -0.2) is 22.0 Å². The van der Waals surface area contributed by atoms with Crippen LogP contribution in [0.5, 0.6) is 0 Å². The van der Waals surface area contributed by atoms with E-state index in [9.17, 15) is 26.8 Å². The first-order valence-electron chi connectivity index (χ1n) is 14.6. The quantitative estimate of drug-likeness (QED) is 0.183. The number of hydrogen-bond donors (Lipinski definition) is 2. The summed E-state index contributed by atoms with van der Waals surface area (Å²) in [4.78, 5) is 27.8. The van der Waals surface area contributed by atoms with Crippen molar-refractivity contribution < 1.29 is 41.0 Å². The molecule has 1 amide bonds. The molecule has 0 spiro atoms. The van der Waals surface area contributed by atoms with E-state index >= 15 is 0 Å². The number of rotatable bonds is 14. The number of fused-ring (bicyclic) bond motifs is 1. The summed E-state index contributed by atoms with van der Waals surface area (Å²) in [6.45, 7) is 3.08. The number of ether oxygens (including phenoxy) is 3. The average Bonchev–Trinajstić information content (AvgIpc) is 3.37. The molecule has 1 heterocycles. The van der Waals surface area contributed by atoms with E-state index in [1.165, 1.54) is 25.3 Å². The molecule has 0 bridgehead atoms. The lowest BCUT2D eigenvalue weighted by Crippen LogP contribution is -2.24. The number of carbonyl (C=O) groups is 2. The van der Waals surface area contributed by atoms with Crippen molar-refractivity contribution in [3.8, 4) is 0 Å². The van der Waals surface area contributed by atoms with Crippen molar-refractivity contribution in [3.63, 3.8) is 0 Å². The normalized spacial score (nSPS) is 12.3. The number of methoxy groups -OCH3 is 2. The Bertz CT molecular complexity index is 1840. The van der Waals surface area contributed by atoms with Crippen LogP contribution in [-0.2, 0) is 30.5 Å². The van der Waals surface area contributed by atoms with Crippen LogP contribution in [-0.4, -0.2) is 95.8 Å². The first kappa shape index (κ1) is 35.4. The molecule has 0 fully saturated rings. The summed E-state index contributed by atoms with van der Waals surface area (Å²) in [5.74, 6) is -2.89. The number of amides is 1. The number of nitrogens with one attached hydrogen (secondary N) is 2. The second kappa shape index (κ2) is 15.4. The molecule has 47 heavy (non-hydrogen) atoms. The van der Waals surface area contributed by atoms with Crippen molar-refractivity contribution in [2.24, 2.45) is 0 Å². The molecule has 0 unspecified atom stereocenters. The number of sulfone groups is 1. The highest BCUT2D eigenvalue weighted by Gasteiger charge is 2.25. The van der Waals surface area contributed by atoms with Gasteiger partial charge in [-0.05, 0) is 75.5 Å². The Hall–Kier alpha value is -4.44. The van der Waals surface area contributed by atoms with Crippen LogP contribution in [0.25, 0.3) is 10.9 Å². The van der Waals surface area contributed by atoms with E-state index in [2.05, 4.69) is 15.7 Å². The van der Waals surface area contributed by atoms with Crippen LogP contribution in [0.3, 0.4) is 0 Å². The van der Waals surface area contributed by atoms with Gasteiger partial charge in [0, 0.05) is 43.9 Å². The Balaban J connectivity index is 1.78. The first-order valence-corrected chi connectivity index (χ1v) is 16.1. The van der Waals surface area contributed by atoms with Gasteiger partial charge in [0.15, 0.2) is 5.82 Å². The number of nitrogens with zero attached hydrogens (tertiary/aromatic N) is 3. The zero-order valence-corrected chi connectivity index (χ0v) is 27.5. The highest BCUT2D eigenvalue weighted by atomic mass is 32.2. The Morgan fingerprint density at radius 2 is 1.68 bits per heavy atom. The van der Waals surface area contributed by atoms with Crippen LogP contribution in [0, 0.1) is 11.6 Å². The van der Waals surface area contributed by atoms with Crippen molar-refractivity contribution in [2.75, 3.05) is 65.3 Å².